The van der Waals surface area contributed by atoms with Crippen LogP contribution in [0, 0.1) is 23.2 Å². The van der Waals surface area contributed by atoms with Gasteiger partial charge in [0.15, 0.2) is 0 Å². The van der Waals surface area contributed by atoms with Crippen molar-refractivity contribution < 1.29 is 30.6 Å². The fourth-order valence-electron chi connectivity index (χ4n) is 6.03. The van der Waals surface area contributed by atoms with E-state index in [2.05, 4.69) is 25.0 Å². The number of piperazine rings is 1. The predicted molar refractivity (Wildman–Crippen MR) is 150 cm³/mol. The van der Waals surface area contributed by atoms with Gasteiger partial charge in [0, 0.05) is 48.5 Å². The zero-order valence-electron chi connectivity index (χ0n) is 23.0. The Morgan fingerprint density at radius 3 is 2.42 bits per heavy atom. The Kier molecular flexibility index (Phi) is 6.54. The third-order valence-corrected chi connectivity index (χ3v) is 9.64. The normalized spacial score (nSPS) is 21.1. The molecule has 1 amide bonds. The summed E-state index contributed by atoms with van der Waals surface area (Å²) in [5.74, 6) is 1.01. The molecular formula is C30H28F3N5O4S. The van der Waals surface area contributed by atoms with Crippen molar-refractivity contribution in [2.24, 2.45) is 11.8 Å². The van der Waals surface area contributed by atoms with Gasteiger partial charge in [-0.15, -0.1) is 0 Å². The first kappa shape index (κ1) is 27.9. The van der Waals surface area contributed by atoms with Crippen molar-refractivity contribution in [2.45, 2.75) is 56.0 Å². The fourth-order valence-corrected chi connectivity index (χ4v) is 6.44. The lowest BCUT2D eigenvalue weighted by atomic mass is 9.95. The molecule has 224 valence electrons. The van der Waals surface area contributed by atoms with Gasteiger partial charge in [-0.05, 0) is 68.2 Å². The number of nitriles is 1. The summed E-state index contributed by atoms with van der Waals surface area (Å²) in [6, 6.07) is 11.8. The number of rotatable bonds is 7. The van der Waals surface area contributed by atoms with Gasteiger partial charge in [-0.25, -0.2) is 9.97 Å². The van der Waals surface area contributed by atoms with Gasteiger partial charge >= 0.3 is 15.6 Å². The number of hydrogen-bond acceptors (Lipinski definition) is 8. The quantitative estimate of drug-likeness (QED) is 0.267. The largest absolute Gasteiger partial charge is 0.534 e. The number of aromatic nitrogens is 2. The van der Waals surface area contributed by atoms with Crippen LogP contribution in [0.25, 0.3) is 22.0 Å². The molecule has 3 heterocycles. The van der Waals surface area contributed by atoms with Gasteiger partial charge in [0.05, 0.1) is 22.8 Å². The third kappa shape index (κ3) is 5.26. The van der Waals surface area contributed by atoms with Gasteiger partial charge in [0.25, 0.3) is 0 Å². The maximum absolute atomic E-state index is 13.0. The Bertz CT molecular complexity index is 1780. The number of fused-ring (bicyclic) bond motifs is 1. The van der Waals surface area contributed by atoms with E-state index in [0.717, 1.165) is 55.8 Å². The minimum Gasteiger partial charge on any atom is -0.355 e. The first-order valence-corrected chi connectivity index (χ1v) is 15.9. The molecule has 2 aromatic heterocycles. The highest BCUT2D eigenvalue weighted by atomic mass is 32.2. The van der Waals surface area contributed by atoms with Crippen LogP contribution in [0.2, 0.25) is 0 Å². The fraction of sp³-hybridized carbons (Fsp3) is 0.467. The Morgan fingerprint density at radius 2 is 1.77 bits per heavy atom. The van der Waals surface area contributed by atoms with E-state index in [1.165, 1.54) is 6.07 Å². The van der Waals surface area contributed by atoms with Gasteiger partial charge in [-0.2, -0.15) is 26.9 Å². The van der Waals surface area contributed by atoms with E-state index in [1.54, 1.807) is 12.1 Å². The smallest absolute Gasteiger partial charge is 0.355 e. The van der Waals surface area contributed by atoms with Gasteiger partial charge in [-0.3, -0.25) is 4.79 Å². The van der Waals surface area contributed by atoms with E-state index in [0.29, 0.717) is 47.9 Å². The Balaban J connectivity index is 1.24. The van der Waals surface area contributed by atoms with E-state index >= 15 is 0 Å². The average molecular weight is 612 g/mol. The molecule has 1 aromatic carbocycles. The molecule has 9 nitrogen and oxygen atoms in total. The number of benzene rings is 1. The Morgan fingerprint density at radius 1 is 1.00 bits per heavy atom. The van der Waals surface area contributed by atoms with Crippen molar-refractivity contribution in [2.75, 3.05) is 24.5 Å². The second-order valence-electron chi connectivity index (χ2n) is 11.8. The zero-order valence-corrected chi connectivity index (χ0v) is 23.9. The topological polar surface area (TPSA) is 116 Å². The number of alkyl halides is 3. The minimum absolute atomic E-state index is 0.112. The lowest BCUT2D eigenvalue weighted by Gasteiger charge is -2.43. The van der Waals surface area contributed by atoms with Crippen LogP contribution in [0.4, 0.5) is 19.0 Å². The standard InChI is InChI=1S/C30H28F3N5O4S/c31-30(32,33)43(40,41)42-26-11-10-22-21(2-1-3-24(22)35-26)23-14-20(15-34)28(36-27(23)18-6-7-18)37-12-13-38(29(39)19-8-9-19)25(16-37)17-4-5-17/h1-3,10-11,14,17-19,25H,4-9,12-13,16H2/t25-/m0/s1. The molecule has 3 saturated carbocycles. The van der Waals surface area contributed by atoms with E-state index in [4.69, 9.17) is 4.98 Å². The summed E-state index contributed by atoms with van der Waals surface area (Å²) in [7, 11) is -5.87. The highest BCUT2D eigenvalue weighted by Gasteiger charge is 2.49. The highest BCUT2D eigenvalue weighted by molar-refractivity contribution is 7.87. The van der Waals surface area contributed by atoms with Crippen molar-refractivity contribution >= 4 is 32.7 Å². The summed E-state index contributed by atoms with van der Waals surface area (Å²) in [5.41, 5.74) is -2.70. The number of carbonyl (C=O) groups excluding carboxylic acids is 1. The van der Waals surface area contributed by atoms with Crippen molar-refractivity contribution in [3.8, 4) is 23.1 Å². The Hall–Kier alpha value is -3.92. The molecule has 0 unspecified atom stereocenters. The zero-order chi connectivity index (χ0) is 30.1. The van der Waals surface area contributed by atoms with E-state index in [-0.39, 0.29) is 29.3 Å². The van der Waals surface area contributed by atoms with Crippen LogP contribution in [0.5, 0.6) is 5.88 Å². The molecule has 43 heavy (non-hydrogen) atoms. The number of amides is 1. The number of pyridine rings is 2. The molecule has 0 spiro atoms. The molecule has 0 N–H and O–H groups in total. The maximum atomic E-state index is 13.0. The van der Waals surface area contributed by atoms with Crippen LogP contribution in [-0.2, 0) is 14.9 Å². The van der Waals surface area contributed by atoms with Gasteiger partial charge in [0.2, 0.25) is 11.8 Å². The third-order valence-electron chi connectivity index (χ3n) is 8.69. The van der Waals surface area contributed by atoms with Crippen molar-refractivity contribution in [3.63, 3.8) is 0 Å². The van der Waals surface area contributed by atoms with E-state index in [9.17, 15) is 31.6 Å². The lowest BCUT2D eigenvalue weighted by Crippen LogP contribution is -2.57. The molecule has 13 heteroatoms. The first-order valence-electron chi connectivity index (χ1n) is 14.5. The molecule has 0 radical (unpaired) electrons. The molecule has 0 bridgehead atoms. The molecule has 1 aliphatic heterocycles. The summed E-state index contributed by atoms with van der Waals surface area (Å²) in [5, 5.41) is 10.8. The molecule has 7 rings (SSSR count). The van der Waals surface area contributed by atoms with Crippen molar-refractivity contribution in [1.29, 1.82) is 5.26 Å². The molecule has 1 atom stereocenters. The summed E-state index contributed by atoms with van der Waals surface area (Å²) >= 11 is 0. The molecule has 3 aromatic rings. The molecule has 3 aliphatic carbocycles. The number of halogens is 3. The summed E-state index contributed by atoms with van der Waals surface area (Å²) in [6.45, 7) is 1.83. The van der Waals surface area contributed by atoms with Gasteiger partial charge in [-0.1, -0.05) is 12.1 Å². The average Bonchev–Trinajstić information content (AvgIpc) is 3.83. The summed E-state index contributed by atoms with van der Waals surface area (Å²) in [4.78, 5) is 26.3. The number of nitrogens with zero attached hydrogens (tertiary/aromatic N) is 5. The van der Waals surface area contributed by atoms with E-state index < -0.39 is 21.5 Å². The molecule has 4 fully saturated rings. The van der Waals surface area contributed by atoms with Gasteiger partial charge < -0.3 is 14.0 Å². The summed E-state index contributed by atoms with van der Waals surface area (Å²) < 4.78 is 65.8. The first-order chi connectivity index (χ1) is 20.5. The van der Waals surface area contributed by atoms with Gasteiger partial charge in [0.1, 0.15) is 11.9 Å². The molecular weight excluding hydrogens is 583 g/mol. The van der Waals surface area contributed by atoms with Crippen LogP contribution >= 0.6 is 0 Å². The highest BCUT2D eigenvalue weighted by Crippen LogP contribution is 2.47. The Labute approximate surface area is 246 Å². The lowest BCUT2D eigenvalue weighted by molar-refractivity contribution is -0.135. The number of carbonyl (C=O) groups is 1. The second kappa shape index (κ2) is 10.1. The maximum Gasteiger partial charge on any atom is 0.534 e. The predicted octanol–water partition coefficient (Wildman–Crippen LogP) is 5.11. The number of anilines is 1. The van der Waals surface area contributed by atoms with Crippen LogP contribution in [-0.4, -0.2) is 60.4 Å². The van der Waals surface area contributed by atoms with Crippen molar-refractivity contribution in [3.05, 3.63) is 47.7 Å². The minimum atomic E-state index is -5.87. The molecule has 1 saturated heterocycles. The van der Waals surface area contributed by atoms with Crippen LogP contribution < -0.4 is 9.08 Å². The van der Waals surface area contributed by atoms with Crippen molar-refractivity contribution in [1.82, 2.24) is 14.9 Å². The number of hydrogen-bond donors (Lipinski definition) is 0. The summed E-state index contributed by atoms with van der Waals surface area (Å²) in [6.07, 6.45) is 6.01. The van der Waals surface area contributed by atoms with Crippen LogP contribution in [0.15, 0.2) is 36.4 Å². The van der Waals surface area contributed by atoms with E-state index in [1.807, 2.05) is 12.1 Å². The van der Waals surface area contributed by atoms with Crippen LogP contribution in [0.1, 0.15) is 55.7 Å². The monoisotopic (exact) mass is 611 g/mol. The second-order valence-corrected chi connectivity index (χ2v) is 13.4. The molecule has 4 aliphatic rings. The SMILES string of the molecule is N#Cc1cc(-c2cccc3nc(OS(=O)(=O)C(F)(F)F)ccc23)c(C2CC2)nc1N1CCN(C(=O)C2CC2)[C@H](C2CC2)C1. The van der Waals surface area contributed by atoms with Crippen LogP contribution in [0.3, 0.4) is 0 Å².